The summed E-state index contributed by atoms with van der Waals surface area (Å²) in [4.78, 5) is 13.6. The van der Waals surface area contributed by atoms with E-state index < -0.39 is 0 Å². The molecule has 2 heterocycles. The maximum absolute atomic E-state index is 11.5. The van der Waals surface area contributed by atoms with Crippen molar-refractivity contribution in [3.05, 3.63) is 12.2 Å². The molecule has 66 valence electrons. The molecule has 0 spiro atoms. The number of rotatable bonds is 1. The topological polar surface area (TPSA) is 20.3 Å². The van der Waals surface area contributed by atoms with Crippen molar-refractivity contribution in [2.24, 2.45) is 0 Å². The maximum Gasteiger partial charge on any atom is 0.223 e. The minimum absolute atomic E-state index is 0.326. The predicted octanol–water partition coefficient (Wildman–Crippen LogP) is 1.72. The molecular weight excluding hydrogens is 150 g/mol. The molecule has 0 N–H and O–H groups in total. The second-order valence-corrected chi connectivity index (χ2v) is 3.62. The van der Waals surface area contributed by atoms with Crippen LogP contribution < -0.4 is 0 Å². The summed E-state index contributed by atoms with van der Waals surface area (Å²) in [5.74, 6) is 0.326. The lowest BCUT2D eigenvalue weighted by atomic mass is 10.1. The van der Waals surface area contributed by atoms with E-state index in [-0.39, 0.29) is 0 Å². The molecule has 2 bridgehead atoms. The quantitative estimate of drug-likeness (QED) is 0.542. The van der Waals surface area contributed by atoms with Gasteiger partial charge in [-0.05, 0) is 19.3 Å². The van der Waals surface area contributed by atoms with E-state index in [1.165, 1.54) is 12.8 Å². The third kappa shape index (κ3) is 1.06. The second kappa shape index (κ2) is 2.92. The number of nitrogens with zero attached hydrogens (tertiary/aromatic N) is 1. The molecule has 2 aliphatic heterocycles. The Labute approximate surface area is 73.2 Å². The Hall–Kier alpha value is -0.790. The summed E-state index contributed by atoms with van der Waals surface area (Å²) in [6, 6.07) is 0.948. The summed E-state index contributed by atoms with van der Waals surface area (Å²) in [6.45, 7) is 1.94. The van der Waals surface area contributed by atoms with Gasteiger partial charge >= 0.3 is 0 Å². The van der Waals surface area contributed by atoms with Gasteiger partial charge in [0.1, 0.15) is 0 Å². The van der Waals surface area contributed by atoms with Gasteiger partial charge in [0.15, 0.2) is 0 Å². The van der Waals surface area contributed by atoms with Gasteiger partial charge in [-0.15, -0.1) is 0 Å². The fourth-order valence-corrected chi connectivity index (χ4v) is 2.30. The van der Waals surface area contributed by atoms with E-state index in [4.69, 9.17) is 0 Å². The zero-order valence-corrected chi connectivity index (χ0v) is 7.49. The zero-order valence-electron chi connectivity index (χ0n) is 7.49. The molecule has 2 heteroatoms. The molecule has 2 aliphatic rings. The number of fused-ring (bicyclic) bond motifs is 2. The molecule has 1 fully saturated rings. The highest BCUT2D eigenvalue weighted by Crippen LogP contribution is 2.31. The molecule has 0 aromatic heterocycles. The molecule has 2 atom stereocenters. The molecule has 0 aromatic carbocycles. The molecule has 0 saturated carbocycles. The lowest BCUT2D eigenvalue weighted by molar-refractivity contribution is -0.133. The Bertz CT molecular complexity index is 222. The van der Waals surface area contributed by atoms with Crippen molar-refractivity contribution in [3.63, 3.8) is 0 Å². The minimum atomic E-state index is 0.326. The normalized spacial score (nSPS) is 32.6. The van der Waals surface area contributed by atoms with Gasteiger partial charge in [-0.3, -0.25) is 4.79 Å². The summed E-state index contributed by atoms with van der Waals surface area (Å²) in [7, 11) is 0. The molecule has 2 rings (SSSR count). The van der Waals surface area contributed by atoms with Crippen LogP contribution in [0.3, 0.4) is 0 Å². The third-order valence-corrected chi connectivity index (χ3v) is 2.90. The van der Waals surface area contributed by atoms with Gasteiger partial charge < -0.3 is 4.90 Å². The van der Waals surface area contributed by atoms with Crippen LogP contribution in [0, 0.1) is 0 Å². The number of carbonyl (C=O) groups excluding carboxylic acids is 1. The Morgan fingerprint density at radius 1 is 1.58 bits per heavy atom. The fourth-order valence-electron chi connectivity index (χ4n) is 2.30. The van der Waals surface area contributed by atoms with E-state index in [1.54, 1.807) is 0 Å². The van der Waals surface area contributed by atoms with Crippen LogP contribution in [0.4, 0.5) is 0 Å². The van der Waals surface area contributed by atoms with Crippen LogP contribution in [-0.4, -0.2) is 22.9 Å². The van der Waals surface area contributed by atoms with Crippen LogP contribution in [0.25, 0.3) is 0 Å². The SMILES string of the molecule is CCC(=O)N1C2C=CCC1CC2. The molecular formula is C10H15NO. The van der Waals surface area contributed by atoms with Crippen molar-refractivity contribution in [1.29, 1.82) is 0 Å². The van der Waals surface area contributed by atoms with Crippen molar-refractivity contribution in [2.45, 2.75) is 44.7 Å². The van der Waals surface area contributed by atoms with Gasteiger partial charge in [-0.1, -0.05) is 19.1 Å². The van der Waals surface area contributed by atoms with Gasteiger partial charge in [-0.2, -0.15) is 0 Å². The fraction of sp³-hybridized carbons (Fsp3) is 0.700. The Morgan fingerprint density at radius 2 is 2.42 bits per heavy atom. The lowest BCUT2D eigenvalue weighted by Crippen LogP contribution is -2.41. The van der Waals surface area contributed by atoms with Gasteiger partial charge in [0, 0.05) is 12.5 Å². The number of hydrogen-bond acceptors (Lipinski definition) is 1. The molecule has 0 aromatic rings. The van der Waals surface area contributed by atoms with E-state index in [0.29, 0.717) is 24.4 Å². The predicted molar refractivity (Wildman–Crippen MR) is 47.7 cm³/mol. The van der Waals surface area contributed by atoms with E-state index in [2.05, 4.69) is 17.1 Å². The Morgan fingerprint density at radius 3 is 3.08 bits per heavy atom. The second-order valence-electron chi connectivity index (χ2n) is 3.62. The zero-order chi connectivity index (χ0) is 8.55. The van der Waals surface area contributed by atoms with Gasteiger partial charge in [0.2, 0.25) is 5.91 Å². The summed E-state index contributed by atoms with van der Waals surface area (Å²) in [5.41, 5.74) is 0. The number of carbonyl (C=O) groups is 1. The average molecular weight is 165 g/mol. The van der Waals surface area contributed by atoms with Crippen LogP contribution in [0.1, 0.15) is 32.6 Å². The first-order chi connectivity index (χ1) is 5.83. The van der Waals surface area contributed by atoms with Crippen LogP contribution in [0.15, 0.2) is 12.2 Å². The Balaban J connectivity index is 2.16. The summed E-state index contributed by atoms with van der Waals surface area (Å²) in [6.07, 6.45) is 8.51. The van der Waals surface area contributed by atoms with Gasteiger partial charge in [-0.25, -0.2) is 0 Å². The summed E-state index contributed by atoms with van der Waals surface area (Å²) in [5, 5.41) is 0. The summed E-state index contributed by atoms with van der Waals surface area (Å²) >= 11 is 0. The van der Waals surface area contributed by atoms with E-state index >= 15 is 0 Å². The first kappa shape index (κ1) is 7.84. The molecule has 1 amide bonds. The van der Waals surface area contributed by atoms with Crippen molar-refractivity contribution in [3.8, 4) is 0 Å². The van der Waals surface area contributed by atoms with Crippen LogP contribution in [-0.2, 0) is 4.79 Å². The van der Waals surface area contributed by atoms with Crippen molar-refractivity contribution >= 4 is 5.91 Å². The smallest absolute Gasteiger partial charge is 0.223 e. The summed E-state index contributed by atoms with van der Waals surface area (Å²) < 4.78 is 0. The highest BCUT2D eigenvalue weighted by molar-refractivity contribution is 5.77. The van der Waals surface area contributed by atoms with Crippen molar-refractivity contribution in [2.75, 3.05) is 0 Å². The standard InChI is InChI=1S/C10H15NO/c1-2-10(12)11-8-4-3-5-9(11)7-6-8/h3-4,8-9H,2,5-7H2,1H3. The van der Waals surface area contributed by atoms with E-state index in [1.807, 2.05) is 6.92 Å². The monoisotopic (exact) mass is 165 g/mol. The van der Waals surface area contributed by atoms with Crippen LogP contribution in [0.5, 0.6) is 0 Å². The molecule has 1 saturated heterocycles. The van der Waals surface area contributed by atoms with Crippen LogP contribution in [0.2, 0.25) is 0 Å². The highest BCUT2D eigenvalue weighted by atomic mass is 16.2. The van der Waals surface area contributed by atoms with Crippen molar-refractivity contribution < 1.29 is 4.79 Å². The van der Waals surface area contributed by atoms with Gasteiger partial charge in [0.05, 0.1) is 6.04 Å². The van der Waals surface area contributed by atoms with E-state index in [0.717, 1.165) is 6.42 Å². The maximum atomic E-state index is 11.5. The Kier molecular flexibility index (Phi) is 1.91. The minimum Gasteiger partial charge on any atom is -0.333 e. The van der Waals surface area contributed by atoms with Crippen LogP contribution >= 0.6 is 0 Å². The third-order valence-electron chi connectivity index (χ3n) is 2.90. The van der Waals surface area contributed by atoms with E-state index in [9.17, 15) is 4.79 Å². The molecule has 0 aliphatic carbocycles. The first-order valence-corrected chi connectivity index (χ1v) is 4.80. The largest absolute Gasteiger partial charge is 0.333 e. The molecule has 2 unspecified atom stereocenters. The average Bonchev–Trinajstić information content (AvgIpc) is 2.35. The molecule has 0 radical (unpaired) electrons. The molecule has 2 nitrogen and oxygen atoms in total. The first-order valence-electron chi connectivity index (χ1n) is 4.80. The lowest BCUT2D eigenvalue weighted by Gasteiger charge is -2.31. The number of hydrogen-bond donors (Lipinski definition) is 0. The van der Waals surface area contributed by atoms with Gasteiger partial charge in [0.25, 0.3) is 0 Å². The highest BCUT2D eigenvalue weighted by Gasteiger charge is 2.35. The molecule has 12 heavy (non-hydrogen) atoms. The number of amides is 1. The van der Waals surface area contributed by atoms with Crippen molar-refractivity contribution in [1.82, 2.24) is 4.90 Å².